The van der Waals surface area contributed by atoms with E-state index in [2.05, 4.69) is 27.7 Å². The summed E-state index contributed by atoms with van der Waals surface area (Å²) < 4.78 is 5.52. The minimum absolute atomic E-state index is 0.317. The number of hydrogen-bond acceptors (Lipinski definition) is 2. The highest BCUT2D eigenvalue weighted by molar-refractivity contribution is 4.60. The molecule has 0 amide bonds. The van der Waals surface area contributed by atoms with Crippen LogP contribution in [-0.2, 0) is 4.74 Å². The van der Waals surface area contributed by atoms with Gasteiger partial charge in [-0.15, -0.1) is 0 Å². The second-order valence-electron chi connectivity index (χ2n) is 4.87. The summed E-state index contributed by atoms with van der Waals surface area (Å²) in [5, 5.41) is 9.90. The van der Waals surface area contributed by atoms with E-state index in [1.807, 2.05) is 0 Å². The lowest BCUT2D eigenvalue weighted by molar-refractivity contribution is -0.138. The second-order valence-corrected chi connectivity index (χ2v) is 4.87. The Bertz CT molecular complexity index is 148. The van der Waals surface area contributed by atoms with Crippen LogP contribution < -0.4 is 0 Å². The number of hydrogen-bond donors (Lipinski definition) is 1. The number of aliphatic hydroxyl groups is 1. The van der Waals surface area contributed by atoms with Gasteiger partial charge in [0.1, 0.15) is 0 Å². The second kappa shape index (κ2) is 10.1. The summed E-state index contributed by atoms with van der Waals surface area (Å²) in [6, 6.07) is 0. The molecular weight excluding hydrogens is 200 g/mol. The molecule has 0 aromatic carbocycles. The minimum atomic E-state index is -0.555. The van der Waals surface area contributed by atoms with Gasteiger partial charge >= 0.3 is 0 Å². The van der Waals surface area contributed by atoms with E-state index in [0.29, 0.717) is 18.4 Å². The van der Waals surface area contributed by atoms with Gasteiger partial charge in [-0.3, -0.25) is 0 Å². The van der Waals surface area contributed by atoms with Crippen molar-refractivity contribution in [3.8, 4) is 0 Å². The van der Waals surface area contributed by atoms with Crippen LogP contribution in [0.5, 0.6) is 0 Å². The topological polar surface area (TPSA) is 29.5 Å². The molecule has 0 radical (unpaired) electrons. The highest BCUT2D eigenvalue weighted by Crippen LogP contribution is 2.18. The Kier molecular flexibility index (Phi) is 10.0. The number of aliphatic hydroxyl groups excluding tert-OH is 1. The van der Waals surface area contributed by atoms with Crippen molar-refractivity contribution in [3.63, 3.8) is 0 Å². The van der Waals surface area contributed by atoms with Crippen molar-refractivity contribution in [1.29, 1.82) is 0 Å². The molecule has 2 nitrogen and oxygen atoms in total. The van der Waals surface area contributed by atoms with Gasteiger partial charge in [-0.2, -0.15) is 0 Å². The van der Waals surface area contributed by atoms with E-state index >= 15 is 0 Å². The first kappa shape index (κ1) is 15.9. The average molecular weight is 230 g/mol. The van der Waals surface area contributed by atoms with E-state index in [9.17, 15) is 5.11 Å². The quantitative estimate of drug-likeness (QED) is 0.575. The smallest absolute Gasteiger partial charge is 0.157 e. The molecule has 3 unspecified atom stereocenters. The fourth-order valence-electron chi connectivity index (χ4n) is 1.74. The molecule has 0 aromatic rings. The predicted octanol–water partition coefficient (Wildman–Crippen LogP) is 3.97. The molecule has 0 saturated carbocycles. The Morgan fingerprint density at radius 2 is 1.75 bits per heavy atom. The van der Waals surface area contributed by atoms with Crippen molar-refractivity contribution in [2.75, 3.05) is 6.61 Å². The summed E-state index contributed by atoms with van der Waals surface area (Å²) in [7, 11) is 0. The molecule has 0 aliphatic heterocycles. The number of ether oxygens (including phenoxy) is 1. The Balaban J connectivity index is 3.70. The molecule has 3 atom stereocenters. The van der Waals surface area contributed by atoms with Crippen LogP contribution >= 0.6 is 0 Å². The molecule has 0 bridgehead atoms. The first-order chi connectivity index (χ1) is 7.65. The standard InChI is InChI=1S/C14H30O2/c1-5-8-9-13(7-3)14(15)16-11-10-12(4)6-2/h12-15H,5-11H2,1-4H3. The Labute approximate surface area is 101 Å². The SMILES string of the molecule is CCCCC(CC)C(O)OCCC(C)CC. The van der Waals surface area contributed by atoms with Crippen LogP contribution in [0.4, 0.5) is 0 Å². The van der Waals surface area contributed by atoms with Crippen LogP contribution in [0, 0.1) is 11.8 Å². The van der Waals surface area contributed by atoms with Gasteiger partial charge in [-0.1, -0.05) is 47.0 Å². The van der Waals surface area contributed by atoms with Crippen molar-refractivity contribution < 1.29 is 9.84 Å². The van der Waals surface area contributed by atoms with E-state index in [1.54, 1.807) is 0 Å². The zero-order valence-corrected chi connectivity index (χ0v) is 11.5. The van der Waals surface area contributed by atoms with Gasteiger partial charge in [0.15, 0.2) is 6.29 Å². The molecule has 0 fully saturated rings. The van der Waals surface area contributed by atoms with Gasteiger partial charge in [0.25, 0.3) is 0 Å². The molecule has 16 heavy (non-hydrogen) atoms. The van der Waals surface area contributed by atoms with Crippen molar-refractivity contribution in [2.45, 2.75) is 72.5 Å². The van der Waals surface area contributed by atoms with Gasteiger partial charge in [-0.25, -0.2) is 0 Å². The summed E-state index contributed by atoms with van der Waals surface area (Å²) in [5.74, 6) is 1.01. The molecule has 0 spiro atoms. The van der Waals surface area contributed by atoms with Crippen LogP contribution in [0.1, 0.15) is 66.2 Å². The Morgan fingerprint density at radius 3 is 2.25 bits per heavy atom. The molecule has 0 aliphatic carbocycles. The van der Waals surface area contributed by atoms with Crippen molar-refractivity contribution in [1.82, 2.24) is 0 Å². The summed E-state index contributed by atoms with van der Waals surface area (Å²) in [6.45, 7) is 9.42. The minimum Gasteiger partial charge on any atom is -0.368 e. The average Bonchev–Trinajstić information content (AvgIpc) is 2.29. The maximum atomic E-state index is 9.90. The third kappa shape index (κ3) is 7.24. The maximum absolute atomic E-state index is 9.90. The summed E-state index contributed by atoms with van der Waals surface area (Å²) >= 11 is 0. The van der Waals surface area contributed by atoms with E-state index in [1.165, 1.54) is 19.3 Å². The highest BCUT2D eigenvalue weighted by Gasteiger charge is 2.17. The van der Waals surface area contributed by atoms with Gasteiger partial charge in [0.2, 0.25) is 0 Å². The molecule has 0 heterocycles. The highest BCUT2D eigenvalue weighted by atomic mass is 16.6. The summed E-state index contributed by atoms with van der Waals surface area (Å²) in [6.07, 6.45) is 6.15. The first-order valence-corrected chi connectivity index (χ1v) is 6.95. The summed E-state index contributed by atoms with van der Waals surface area (Å²) in [5.41, 5.74) is 0. The van der Waals surface area contributed by atoms with E-state index in [4.69, 9.17) is 4.74 Å². The van der Waals surface area contributed by atoms with Crippen LogP contribution in [0.25, 0.3) is 0 Å². The lowest BCUT2D eigenvalue weighted by Crippen LogP contribution is -2.24. The Morgan fingerprint density at radius 1 is 1.06 bits per heavy atom. The van der Waals surface area contributed by atoms with Crippen LogP contribution in [0.3, 0.4) is 0 Å². The largest absolute Gasteiger partial charge is 0.368 e. The lowest BCUT2D eigenvalue weighted by atomic mass is 9.99. The Hall–Kier alpha value is -0.0800. The molecule has 0 aromatic heterocycles. The lowest BCUT2D eigenvalue weighted by Gasteiger charge is -2.22. The van der Waals surface area contributed by atoms with Gasteiger partial charge < -0.3 is 9.84 Å². The number of rotatable bonds is 10. The molecule has 0 rings (SSSR count). The maximum Gasteiger partial charge on any atom is 0.157 e. The van der Waals surface area contributed by atoms with Crippen LogP contribution in [0.15, 0.2) is 0 Å². The third-order valence-corrected chi connectivity index (χ3v) is 3.45. The van der Waals surface area contributed by atoms with Crippen LogP contribution in [-0.4, -0.2) is 18.0 Å². The fourth-order valence-corrected chi connectivity index (χ4v) is 1.74. The molecule has 98 valence electrons. The molecule has 0 aliphatic rings. The van der Waals surface area contributed by atoms with Crippen molar-refractivity contribution in [2.24, 2.45) is 11.8 Å². The van der Waals surface area contributed by atoms with E-state index < -0.39 is 6.29 Å². The van der Waals surface area contributed by atoms with E-state index in [0.717, 1.165) is 19.3 Å². The normalized spacial score (nSPS) is 17.1. The first-order valence-electron chi connectivity index (χ1n) is 6.95. The fraction of sp³-hybridized carbons (Fsp3) is 1.00. The molecule has 0 saturated heterocycles. The van der Waals surface area contributed by atoms with E-state index in [-0.39, 0.29) is 0 Å². The van der Waals surface area contributed by atoms with Gasteiger partial charge in [0, 0.05) is 12.5 Å². The zero-order valence-electron chi connectivity index (χ0n) is 11.5. The predicted molar refractivity (Wildman–Crippen MR) is 69.3 cm³/mol. The van der Waals surface area contributed by atoms with Crippen molar-refractivity contribution >= 4 is 0 Å². The summed E-state index contributed by atoms with van der Waals surface area (Å²) in [4.78, 5) is 0. The monoisotopic (exact) mass is 230 g/mol. The third-order valence-electron chi connectivity index (χ3n) is 3.45. The van der Waals surface area contributed by atoms with Crippen molar-refractivity contribution in [3.05, 3.63) is 0 Å². The molecule has 2 heteroatoms. The molecule has 1 N–H and O–H groups in total. The van der Waals surface area contributed by atoms with Crippen LogP contribution in [0.2, 0.25) is 0 Å². The molecular formula is C14H30O2. The zero-order chi connectivity index (χ0) is 12.4. The van der Waals surface area contributed by atoms with Gasteiger partial charge in [-0.05, 0) is 25.2 Å². The number of unbranched alkanes of at least 4 members (excludes halogenated alkanes) is 1. The van der Waals surface area contributed by atoms with Gasteiger partial charge in [0.05, 0.1) is 0 Å².